The van der Waals surface area contributed by atoms with Crippen LogP contribution in [0.1, 0.15) is 17.3 Å². The summed E-state index contributed by atoms with van der Waals surface area (Å²) in [5.74, 6) is 0. The van der Waals surface area contributed by atoms with Gasteiger partial charge in [0.15, 0.2) is 0 Å². The van der Waals surface area contributed by atoms with E-state index in [-0.39, 0.29) is 6.04 Å². The van der Waals surface area contributed by atoms with E-state index in [2.05, 4.69) is 15.4 Å². The number of hydrogen-bond acceptors (Lipinski definition) is 4. The summed E-state index contributed by atoms with van der Waals surface area (Å²) in [6, 6.07) is 1.76. The van der Waals surface area contributed by atoms with Crippen molar-refractivity contribution in [1.82, 2.24) is 15.4 Å². The van der Waals surface area contributed by atoms with Crippen molar-refractivity contribution in [3.8, 4) is 0 Å². The third-order valence-electron chi connectivity index (χ3n) is 1.85. The van der Waals surface area contributed by atoms with Gasteiger partial charge in [-0.05, 0) is 18.1 Å². The van der Waals surface area contributed by atoms with E-state index in [9.17, 15) is 0 Å². The molecule has 0 aliphatic carbocycles. The van der Waals surface area contributed by atoms with E-state index >= 15 is 0 Å². The minimum absolute atomic E-state index is 0.128. The SMILES string of the molecule is NC(Cc1ccoc1)c1cn[nH]n1. The Morgan fingerprint density at radius 2 is 2.54 bits per heavy atom. The Morgan fingerprint density at radius 1 is 1.62 bits per heavy atom. The maximum atomic E-state index is 5.87. The first-order valence-electron chi connectivity index (χ1n) is 3.98. The molecule has 5 heteroatoms. The van der Waals surface area contributed by atoms with Gasteiger partial charge >= 0.3 is 0 Å². The molecule has 0 aromatic carbocycles. The van der Waals surface area contributed by atoms with Crippen LogP contribution in [0, 0.1) is 0 Å². The molecule has 0 fully saturated rings. The molecule has 0 aliphatic rings. The zero-order valence-electron chi connectivity index (χ0n) is 6.97. The Labute approximate surface area is 74.9 Å². The Hall–Kier alpha value is -1.62. The van der Waals surface area contributed by atoms with E-state index in [4.69, 9.17) is 10.2 Å². The van der Waals surface area contributed by atoms with Crippen LogP contribution >= 0.6 is 0 Å². The minimum Gasteiger partial charge on any atom is -0.472 e. The van der Waals surface area contributed by atoms with E-state index in [1.165, 1.54) is 0 Å². The van der Waals surface area contributed by atoms with Crippen LogP contribution in [-0.4, -0.2) is 15.4 Å². The number of rotatable bonds is 3. The van der Waals surface area contributed by atoms with Crippen LogP contribution in [-0.2, 0) is 6.42 Å². The topological polar surface area (TPSA) is 80.7 Å². The molecule has 2 aromatic heterocycles. The van der Waals surface area contributed by atoms with Gasteiger partial charge in [-0.3, -0.25) is 0 Å². The number of nitrogens with two attached hydrogens (primary N) is 1. The fourth-order valence-corrected chi connectivity index (χ4v) is 1.16. The van der Waals surface area contributed by atoms with Crippen LogP contribution in [0.25, 0.3) is 0 Å². The van der Waals surface area contributed by atoms with E-state index in [1.807, 2.05) is 6.07 Å². The van der Waals surface area contributed by atoms with Gasteiger partial charge in [0.1, 0.15) is 0 Å². The monoisotopic (exact) mass is 178 g/mol. The van der Waals surface area contributed by atoms with Gasteiger partial charge in [-0.25, -0.2) is 0 Å². The van der Waals surface area contributed by atoms with E-state index in [1.54, 1.807) is 18.7 Å². The fraction of sp³-hybridized carbons (Fsp3) is 0.250. The van der Waals surface area contributed by atoms with Crippen LogP contribution in [0.3, 0.4) is 0 Å². The molecule has 1 atom stereocenters. The second-order valence-electron chi connectivity index (χ2n) is 2.84. The Kier molecular flexibility index (Phi) is 2.09. The quantitative estimate of drug-likeness (QED) is 0.722. The Balaban J connectivity index is 2.04. The maximum Gasteiger partial charge on any atom is 0.0995 e. The van der Waals surface area contributed by atoms with Crippen LogP contribution in [0.5, 0.6) is 0 Å². The number of nitrogens with zero attached hydrogens (tertiary/aromatic N) is 2. The predicted molar refractivity (Wildman–Crippen MR) is 45.7 cm³/mol. The van der Waals surface area contributed by atoms with Crippen molar-refractivity contribution in [3.63, 3.8) is 0 Å². The van der Waals surface area contributed by atoms with Gasteiger partial charge in [0, 0.05) is 0 Å². The van der Waals surface area contributed by atoms with Crippen molar-refractivity contribution >= 4 is 0 Å². The van der Waals surface area contributed by atoms with Crippen molar-refractivity contribution in [3.05, 3.63) is 36.0 Å². The zero-order chi connectivity index (χ0) is 9.10. The summed E-state index contributed by atoms with van der Waals surface area (Å²) < 4.78 is 4.93. The molecule has 0 bridgehead atoms. The molecular formula is C8H10N4O. The van der Waals surface area contributed by atoms with Crippen molar-refractivity contribution in [2.75, 3.05) is 0 Å². The van der Waals surface area contributed by atoms with Crippen LogP contribution in [0.4, 0.5) is 0 Å². The van der Waals surface area contributed by atoms with Crippen molar-refractivity contribution < 1.29 is 4.42 Å². The van der Waals surface area contributed by atoms with Gasteiger partial charge in [0.2, 0.25) is 0 Å². The molecule has 1 unspecified atom stereocenters. The van der Waals surface area contributed by atoms with Gasteiger partial charge in [0.25, 0.3) is 0 Å². The highest BCUT2D eigenvalue weighted by Crippen LogP contribution is 2.12. The minimum atomic E-state index is -0.128. The van der Waals surface area contributed by atoms with Crippen molar-refractivity contribution in [1.29, 1.82) is 0 Å². The average Bonchev–Trinajstić information content (AvgIpc) is 2.74. The lowest BCUT2D eigenvalue weighted by molar-refractivity contribution is 0.560. The molecule has 13 heavy (non-hydrogen) atoms. The zero-order valence-corrected chi connectivity index (χ0v) is 6.97. The lowest BCUT2D eigenvalue weighted by atomic mass is 10.1. The van der Waals surface area contributed by atoms with Crippen molar-refractivity contribution in [2.24, 2.45) is 5.73 Å². The molecule has 2 rings (SSSR count). The van der Waals surface area contributed by atoms with Crippen LogP contribution in [0.15, 0.2) is 29.2 Å². The molecule has 2 aromatic rings. The van der Waals surface area contributed by atoms with E-state index < -0.39 is 0 Å². The largest absolute Gasteiger partial charge is 0.472 e. The first-order valence-corrected chi connectivity index (χ1v) is 3.98. The number of H-pyrrole nitrogens is 1. The summed E-state index contributed by atoms with van der Waals surface area (Å²) >= 11 is 0. The van der Waals surface area contributed by atoms with Gasteiger partial charge in [-0.1, -0.05) is 0 Å². The second kappa shape index (κ2) is 3.40. The highest BCUT2D eigenvalue weighted by atomic mass is 16.3. The normalized spacial score (nSPS) is 13.0. The molecule has 0 spiro atoms. The summed E-state index contributed by atoms with van der Waals surface area (Å²) in [7, 11) is 0. The molecule has 0 radical (unpaired) electrons. The average molecular weight is 178 g/mol. The summed E-state index contributed by atoms with van der Waals surface area (Å²) in [4.78, 5) is 0. The second-order valence-corrected chi connectivity index (χ2v) is 2.84. The lowest BCUT2D eigenvalue weighted by Gasteiger charge is -2.04. The number of hydrogen-bond donors (Lipinski definition) is 2. The van der Waals surface area contributed by atoms with Gasteiger partial charge in [0.05, 0.1) is 30.5 Å². The Morgan fingerprint density at radius 3 is 3.15 bits per heavy atom. The van der Waals surface area contributed by atoms with Crippen molar-refractivity contribution in [2.45, 2.75) is 12.5 Å². The van der Waals surface area contributed by atoms with Crippen LogP contribution < -0.4 is 5.73 Å². The summed E-state index contributed by atoms with van der Waals surface area (Å²) in [6.07, 6.45) is 5.65. The fourth-order valence-electron chi connectivity index (χ4n) is 1.16. The molecule has 3 N–H and O–H groups in total. The van der Waals surface area contributed by atoms with E-state index in [0.29, 0.717) is 6.42 Å². The van der Waals surface area contributed by atoms with Crippen LogP contribution in [0.2, 0.25) is 0 Å². The number of nitrogens with one attached hydrogen (secondary N) is 1. The van der Waals surface area contributed by atoms with E-state index in [0.717, 1.165) is 11.3 Å². The molecule has 0 amide bonds. The highest BCUT2D eigenvalue weighted by Gasteiger charge is 2.09. The smallest absolute Gasteiger partial charge is 0.0995 e. The molecule has 0 saturated heterocycles. The first kappa shape index (κ1) is 8.00. The highest BCUT2D eigenvalue weighted by molar-refractivity contribution is 5.11. The van der Waals surface area contributed by atoms with Gasteiger partial charge in [-0.15, -0.1) is 0 Å². The molecule has 5 nitrogen and oxygen atoms in total. The predicted octanol–water partition coefficient (Wildman–Crippen LogP) is 0.640. The lowest BCUT2D eigenvalue weighted by Crippen LogP contribution is -2.13. The molecule has 0 aliphatic heterocycles. The molecule has 68 valence electrons. The summed E-state index contributed by atoms with van der Waals surface area (Å²) in [5, 5.41) is 10.1. The molecule has 0 saturated carbocycles. The number of aromatic amines is 1. The van der Waals surface area contributed by atoms with Gasteiger partial charge < -0.3 is 10.2 Å². The van der Waals surface area contributed by atoms with Gasteiger partial charge in [-0.2, -0.15) is 15.4 Å². The maximum absolute atomic E-state index is 5.87. The Bertz CT molecular complexity index is 340. The standard InChI is InChI=1S/C8H10N4O/c9-7(8-4-10-12-11-8)3-6-1-2-13-5-6/h1-2,4-5,7H,3,9H2,(H,10,11,12). The third kappa shape index (κ3) is 1.75. The molecule has 2 heterocycles. The molecular weight excluding hydrogens is 168 g/mol. The summed E-state index contributed by atoms with van der Waals surface area (Å²) in [6.45, 7) is 0. The number of furan rings is 1. The first-order chi connectivity index (χ1) is 6.36. The number of aromatic nitrogens is 3. The third-order valence-corrected chi connectivity index (χ3v) is 1.85. The summed E-state index contributed by atoms with van der Waals surface area (Å²) in [5.41, 5.74) is 7.70.